The molecule has 0 aliphatic carbocycles. The molecule has 0 radical (unpaired) electrons. The first kappa shape index (κ1) is 12.5. The Kier molecular flexibility index (Phi) is 3.48. The molecule has 5 nitrogen and oxygen atoms in total. The van der Waals surface area contributed by atoms with Gasteiger partial charge in [0.25, 0.3) is 0 Å². The molecule has 0 spiro atoms. The summed E-state index contributed by atoms with van der Waals surface area (Å²) in [7, 11) is 0. The lowest BCUT2D eigenvalue weighted by Crippen LogP contribution is -2.11. The molecule has 0 aliphatic rings. The van der Waals surface area contributed by atoms with E-state index in [1.807, 2.05) is 27.7 Å². The monoisotopic (exact) mass is 270 g/mol. The van der Waals surface area contributed by atoms with Crippen LogP contribution in [0.1, 0.15) is 37.5 Å². The molecule has 0 aliphatic heterocycles. The van der Waals surface area contributed by atoms with Crippen molar-refractivity contribution in [3.05, 3.63) is 16.7 Å². The first-order valence-corrected chi connectivity index (χ1v) is 7.01. The molecule has 7 heteroatoms. The van der Waals surface area contributed by atoms with Crippen molar-refractivity contribution in [3.63, 3.8) is 0 Å². The highest BCUT2D eigenvalue weighted by atomic mass is 32.2. The van der Waals surface area contributed by atoms with Gasteiger partial charge >= 0.3 is 0 Å². The molecule has 0 fully saturated rings. The van der Waals surface area contributed by atoms with Crippen LogP contribution in [0.5, 0.6) is 0 Å². The molecule has 2 aromatic rings. The summed E-state index contributed by atoms with van der Waals surface area (Å²) in [5.74, 6) is 2.03. The molecule has 17 heavy (non-hydrogen) atoms. The predicted octanol–water partition coefficient (Wildman–Crippen LogP) is 2.82. The lowest BCUT2D eigenvalue weighted by molar-refractivity contribution is 0.319. The summed E-state index contributed by atoms with van der Waals surface area (Å²) in [4.78, 5) is 4.36. The van der Waals surface area contributed by atoms with E-state index < -0.39 is 0 Å². The van der Waals surface area contributed by atoms with Gasteiger partial charge in [0.15, 0.2) is 10.2 Å². The molecule has 2 aromatic heterocycles. The number of hydrogen-bond donors (Lipinski definition) is 0. The smallest absolute Gasteiger partial charge is 0.232 e. The average molecular weight is 270 g/mol. The lowest BCUT2D eigenvalue weighted by atomic mass is 9.97. The Balaban J connectivity index is 1.98. The number of thioether (sulfide) groups is 1. The second-order valence-electron chi connectivity index (χ2n) is 4.64. The number of nitrogens with zero attached hydrogens (tertiary/aromatic N) is 4. The molecule has 0 aromatic carbocycles. The number of hydrogen-bond acceptors (Lipinski definition) is 7. The van der Waals surface area contributed by atoms with Gasteiger partial charge in [-0.05, 0) is 6.92 Å². The average Bonchev–Trinajstić information content (AvgIpc) is 2.82. The minimum atomic E-state index is -0.102. The van der Waals surface area contributed by atoms with Crippen LogP contribution in [0.3, 0.4) is 0 Å². The third-order valence-electron chi connectivity index (χ3n) is 1.94. The quantitative estimate of drug-likeness (QED) is 0.799. The van der Waals surface area contributed by atoms with Gasteiger partial charge in [-0.3, -0.25) is 0 Å². The Labute approximate surface area is 108 Å². The van der Waals surface area contributed by atoms with Crippen LogP contribution in [0.4, 0.5) is 0 Å². The van der Waals surface area contributed by atoms with Crippen LogP contribution in [0.15, 0.2) is 8.86 Å². The van der Waals surface area contributed by atoms with Crippen molar-refractivity contribution in [3.8, 4) is 0 Å². The second-order valence-corrected chi connectivity index (χ2v) is 7.05. The van der Waals surface area contributed by atoms with Crippen LogP contribution >= 0.6 is 23.1 Å². The summed E-state index contributed by atoms with van der Waals surface area (Å²) >= 11 is 3.15. The molecule has 0 saturated carbocycles. The fraction of sp³-hybridized carbons (Fsp3) is 0.600. The maximum Gasteiger partial charge on any atom is 0.232 e. The number of rotatable bonds is 3. The largest absolute Gasteiger partial charge is 0.339 e. The molecule has 92 valence electrons. The molecule has 2 heterocycles. The van der Waals surface area contributed by atoms with E-state index in [-0.39, 0.29) is 5.41 Å². The van der Waals surface area contributed by atoms with E-state index >= 15 is 0 Å². The highest BCUT2D eigenvalue weighted by Crippen LogP contribution is 2.26. The van der Waals surface area contributed by atoms with Crippen LogP contribution < -0.4 is 0 Å². The van der Waals surface area contributed by atoms with Gasteiger partial charge in [0.2, 0.25) is 5.89 Å². The van der Waals surface area contributed by atoms with Gasteiger partial charge in [0.1, 0.15) is 5.01 Å². The Morgan fingerprint density at radius 1 is 1.29 bits per heavy atom. The van der Waals surface area contributed by atoms with Crippen LogP contribution in [0.2, 0.25) is 0 Å². The van der Waals surface area contributed by atoms with Gasteiger partial charge in [-0.15, -0.1) is 10.2 Å². The van der Waals surface area contributed by atoms with E-state index in [4.69, 9.17) is 4.52 Å². The van der Waals surface area contributed by atoms with E-state index in [9.17, 15) is 0 Å². The zero-order chi connectivity index (χ0) is 12.5. The van der Waals surface area contributed by atoms with Crippen molar-refractivity contribution < 1.29 is 4.52 Å². The molecule has 2 rings (SSSR count). The third-order valence-corrected chi connectivity index (χ3v) is 3.91. The zero-order valence-electron chi connectivity index (χ0n) is 10.2. The van der Waals surface area contributed by atoms with Crippen molar-refractivity contribution in [2.24, 2.45) is 0 Å². The van der Waals surface area contributed by atoms with Gasteiger partial charge in [-0.1, -0.05) is 49.0 Å². The van der Waals surface area contributed by atoms with E-state index in [1.54, 1.807) is 23.1 Å². The van der Waals surface area contributed by atoms with Crippen molar-refractivity contribution in [1.29, 1.82) is 0 Å². The van der Waals surface area contributed by atoms with Crippen molar-refractivity contribution >= 4 is 23.1 Å². The molecule has 0 saturated heterocycles. The molecule has 0 atom stereocenters. The minimum Gasteiger partial charge on any atom is -0.339 e. The molecule has 0 unspecified atom stereocenters. The predicted molar refractivity (Wildman–Crippen MR) is 67.2 cm³/mol. The second kappa shape index (κ2) is 4.73. The van der Waals surface area contributed by atoms with Crippen LogP contribution in [0.25, 0.3) is 0 Å². The summed E-state index contributed by atoms with van der Waals surface area (Å²) in [6.07, 6.45) is 0. The lowest BCUT2D eigenvalue weighted by Gasteiger charge is -2.10. The summed E-state index contributed by atoms with van der Waals surface area (Å²) in [6, 6.07) is 0. The molecular weight excluding hydrogens is 256 g/mol. The maximum absolute atomic E-state index is 5.22. The fourth-order valence-electron chi connectivity index (χ4n) is 1.08. The maximum atomic E-state index is 5.22. The highest BCUT2D eigenvalue weighted by molar-refractivity contribution is 8.00. The van der Waals surface area contributed by atoms with Gasteiger partial charge in [-0.2, -0.15) is 4.98 Å². The van der Waals surface area contributed by atoms with Crippen molar-refractivity contribution in [2.45, 2.75) is 43.2 Å². The highest BCUT2D eigenvalue weighted by Gasteiger charge is 2.21. The fourth-order valence-corrected chi connectivity index (χ4v) is 2.74. The topological polar surface area (TPSA) is 64.7 Å². The standard InChI is InChI=1S/C10H14N4OS2/c1-6-12-13-9(17-6)16-5-7-11-8(15-14-7)10(2,3)4/h5H2,1-4H3. The first-order chi connectivity index (χ1) is 7.95. The van der Waals surface area contributed by atoms with Crippen LogP contribution in [0, 0.1) is 6.92 Å². The molecular formula is C10H14N4OS2. The van der Waals surface area contributed by atoms with Crippen LogP contribution in [-0.4, -0.2) is 20.3 Å². The van der Waals surface area contributed by atoms with E-state index in [1.165, 1.54) is 0 Å². The summed E-state index contributed by atoms with van der Waals surface area (Å²) in [5, 5.41) is 12.9. The first-order valence-electron chi connectivity index (χ1n) is 5.21. The SMILES string of the molecule is Cc1nnc(SCc2noc(C(C)(C)C)n2)s1. The Hall–Kier alpha value is -0.950. The van der Waals surface area contributed by atoms with E-state index in [2.05, 4.69) is 20.3 Å². The number of aryl methyl sites for hydroxylation is 1. The Bertz CT molecular complexity index is 500. The van der Waals surface area contributed by atoms with E-state index in [0.717, 1.165) is 9.35 Å². The van der Waals surface area contributed by atoms with Gasteiger partial charge < -0.3 is 4.52 Å². The summed E-state index contributed by atoms with van der Waals surface area (Å²) in [6.45, 7) is 8.08. The van der Waals surface area contributed by atoms with E-state index in [0.29, 0.717) is 17.5 Å². The van der Waals surface area contributed by atoms with Crippen LogP contribution in [-0.2, 0) is 11.2 Å². The summed E-state index contributed by atoms with van der Waals surface area (Å²) in [5.41, 5.74) is -0.102. The molecule has 0 amide bonds. The minimum absolute atomic E-state index is 0.102. The zero-order valence-corrected chi connectivity index (χ0v) is 11.9. The Morgan fingerprint density at radius 3 is 2.59 bits per heavy atom. The van der Waals surface area contributed by atoms with Gasteiger partial charge in [0.05, 0.1) is 5.75 Å². The Morgan fingerprint density at radius 2 is 2.06 bits per heavy atom. The van der Waals surface area contributed by atoms with Gasteiger partial charge in [-0.25, -0.2) is 0 Å². The van der Waals surface area contributed by atoms with Crippen molar-refractivity contribution in [1.82, 2.24) is 20.3 Å². The number of aromatic nitrogens is 4. The normalized spacial score (nSPS) is 12.0. The summed E-state index contributed by atoms with van der Waals surface area (Å²) < 4.78 is 6.15. The van der Waals surface area contributed by atoms with Crippen molar-refractivity contribution in [2.75, 3.05) is 0 Å². The molecule has 0 bridgehead atoms. The third kappa shape index (κ3) is 3.26. The van der Waals surface area contributed by atoms with Gasteiger partial charge in [0, 0.05) is 5.41 Å². The molecule has 0 N–H and O–H groups in total.